The molecule has 0 radical (unpaired) electrons. The standard InChI is InChI=1S/C16H26O3/c1-3-19-10-14(15(17)18-2)16-7-11-4-12(8-16)6-13(5-11)9-16/h11-14H,3-10H2,1-2H3. The van der Waals surface area contributed by atoms with E-state index in [9.17, 15) is 4.79 Å². The van der Waals surface area contributed by atoms with E-state index in [4.69, 9.17) is 9.47 Å². The maximum absolute atomic E-state index is 12.2. The predicted molar refractivity (Wildman–Crippen MR) is 72.6 cm³/mol. The Bertz CT molecular complexity index is 315. The van der Waals surface area contributed by atoms with Crippen molar-refractivity contribution in [1.82, 2.24) is 0 Å². The zero-order valence-electron chi connectivity index (χ0n) is 12.2. The summed E-state index contributed by atoms with van der Waals surface area (Å²) in [4.78, 5) is 12.2. The normalized spacial score (nSPS) is 41.3. The van der Waals surface area contributed by atoms with Gasteiger partial charge in [-0.2, -0.15) is 0 Å². The molecule has 0 aromatic carbocycles. The van der Waals surface area contributed by atoms with E-state index >= 15 is 0 Å². The highest BCUT2D eigenvalue weighted by molar-refractivity contribution is 5.73. The molecule has 0 heterocycles. The van der Waals surface area contributed by atoms with Gasteiger partial charge in [0.25, 0.3) is 0 Å². The summed E-state index contributed by atoms with van der Waals surface area (Å²) in [5, 5.41) is 0. The van der Waals surface area contributed by atoms with E-state index in [1.54, 1.807) is 0 Å². The lowest BCUT2D eigenvalue weighted by molar-refractivity contribution is -0.166. The van der Waals surface area contributed by atoms with Gasteiger partial charge >= 0.3 is 5.97 Å². The van der Waals surface area contributed by atoms with Crippen LogP contribution in [0.25, 0.3) is 0 Å². The van der Waals surface area contributed by atoms with Gasteiger partial charge in [-0.05, 0) is 68.6 Å². The first-order valence-electron chi connectivity index (χ1n) is 7.82. The molecule has 0 N–H and O–H groups in total. The van der Waals surface area contributed by atoms with E-state index in [1.807, 2.05) is 6.92 Å². The average Bonchev–Trinajstić information content (AvgIpc) is 2.37. The second kappa shape index (κ2) is 5.08. The molecule has 0 saturated heterocycles. The van der Waals surface area contributed by atoms with Crippen molar-refractivity contribution in [2.75, 3.05) is 20.3 Å². The fourth-order valence-electron chi connectivity index (χ4n) is 5.48. The van der Waals surface area contributed by atoms with Crippen LogP contribution in [0.5, 0.6) is 0 Å². The smallest absolute Gasteiger partial charge is 0.311 e. The Kier molecular flexibility index (Phi) is 3.59. The van der Waals surface area contributed by atoms with Crippen LogP contribution in [0.3, 0.4) is 0 Å². The third-order valence-electron chi connectivity index (χ3n) is 5.80. The maximum Gasteiger partial charge on any atom is 0.311 e. The molecule has 4 bridgehead atoms. The van der Waals surface area contributed by atoms with Gasteiger partial charge in [0.05, 0.1) is 19.6 Å². The van der Waals surface area contributed by atoms with Crippen LogP contribution < -0.4 is 0 Å². The van der Waals surface area contributed by atoms with E-state index in [-0.39, 0.29) is 17.3 Å². The summed E-state index contributed by atoms with van der Waals surface area (Å²) in [6.07, 6.45) is 7.90. The van der Waals surface area contributed by atoms with Gasteiger partial charge in [-0.25, -0.2) is 0 Å². The predicted octanol–water partition coefficient (Wildman–Crippen LogP) is 3.03. The van der Waals surface area contributed by atoms with Crippen molar-refractivity contribution in [1.29, 1.82) is 0 Å². The highest BCUT2D eigenvalue weighted by atomic mass is 16.5. The molecule has 4 aliphatic carbocycles. The van der Waals surface area contributed by atoms with Gasteiger partial charge in [0.2, 0.25) is 0 Å². The molecule has 0 amide bonds. The van der Waals surface area contributed by atoms with Crippen molar-refractivity contribution in [2.24, 2.45) is 29.1 Å². The molecule has 0 aromatic heterocycles. The minimum absolute atomic E-state index is 0.0363. The molecule has 3 heteroatoms. The first-order valence-corrected chi connectivity index (χ1v) is 7.82. The highest BCUT2D eigenvalue weighted by Crippen LogP contribution is 2.62. The average molecular weight is 266 g/mol. The SMILES string of the molecule is CCOCC(C(=O)OC)C12CC3CC(CC(C3)C1)C2. The summed E-state index contributed by atoms with van der Waals surface area (Å²) in [6, 6.07) is 0. The fraction of sp³-hybridized carbons (Fsp3) is 0.938. The van der Waals surface area contributed by atoms with Gasteiger partial charge in [0.15, 0.2) is 0 Å². The van der Waals surface area contributed by atoms with Gasteiger partial charge in [-0.3, -0.25) is 4.79 Å². The molecule has 4 saturated carbocycles. The van der Waals surface area contributed by atoms with Crippen LogP contribution in [0.4, 0.5) is 0 Å². The van der Waals surface area contributed by atoms with Crippen molar-refractivity contribution >= 4 is 5.97 Å². The number of rotatable bonds is 5. The zero-order chi connectivity index (χ0) is 13.5. The molecule has 1 unspecified atom stereocenters. The van der Waals surface area contributed by atoms with Crippen molar-refractivity contribution in [3.8, 4) is 0 Å². The Labute approximate surface area is 116 Å². The minimum atomic E-state index is -0.0459. The lowest BCUT2D eigenvalue weighted by atomic mass is 9.46. The molecular formula is C16H26O3. The van der Waals surface area contributed by atoms with Crippen LogP contribution in [0, 0.1) is 29.1 Å². The molecule has 108 valence electrons. The summed E-state index contributed by atoms with van der Waals surface area (Å²) in [5.41, 5.74) is 0.191. The van der Waals surface area contributed by atoms with Crippen molar-refractivity contribution in [3.05, 3.63) is 0 Å². The second-order valence-electron chi connectivity index (χ2n) is 7.02. The number of hydrogen-bond acceptors (Lipinski definition) is 3. The lowest BCUT2D eigenvalue weighted by Gasteiger charge is -2.58. The van der Waals surface area contributed by atoms with E-state index in [1.165, 1.54) is 45.6 Å². The van der Waals surface area contributed by atoms with Gasteiger partial charge in [0, 0.05) is 6.61 Å². The third-order valence-corrected chi connectivity index (χ3v) is 5.80. The van der Waals surface area contributed by atoms with Crippen molar-refractivity contribution in [2.45, 2.75) is 45.4 Å². The Morgan fingerprint density at radius 2 is 1.68 bits per heavy atom. The first kappa shape index (κ1) is 13.4. The van der Waals surface area contributed by atoms with Crippen molar-refractivity contribution < 1.29 is 14.3 Å². The molecular weight excluding hydrogens is 240 g/mol. The van der Waals surface area contributed by atoms with E-state index < -0.39 is 0 Å². The van der Waals surface area contributed by atoms with E-state index in [2.05, 4.69) is 0 Å². The van der Waals surface area contributed by atoms with Gasteiger partial charge in [0.1, 0.15) is 0 Å². The number of esters is 1. The summed E-state index contributed by atoms with van der Waals surface area (Å²) in [6.45, 7) is 3.23. The maximum atomic E-state index is 12.2. The highest BCUT2D eigenvalue weighted by Gasteiger charge is 2.56. The van der Waals surface area contributed by atoms with Gasteiger partial charge < -0.3 is 9.47 Å². The summed E-state index contributed by atoms with van der Waals surface area (Å²) >= 11 is 0. The van der Waals surface area contributed by atoms with Crippen LogP contribution in [-0.2, 0) is 14.3 Å². The molecule has 19 heavy (non-hydrogen) atoms. The Hall–Kier alpha value is -0.570. The monoisotopic (exact) mass is 266 g/mol. The fourth-order valence-corrected chi connectivity index (χ4v) is 5.48. The zero-order valence-corrected chi connectivity index (χ0v) is 12.2. The number of hydrogen-bond donors (Lipinski definition) is 0. The van der Waals surface area contributed by atoms with Crippen LogP contribution in [0.2, 0.25) is 0 Å². The third kappa shape index (κ3) is 2.31. The number of carbonyl (C=O) groups is 1. The molecule has 0 aromatic rings. The quantitative estimate of drug-likeness (QED) is 0.718. The summed E-state index contributed by atoms with van der Waals surface area (Å²) in [7, 11) is 1.52. The summed E-state index contributed by atoms with van der Waals surface area (Å²) in [5.74, 6) is 2.50. The lowest BCUT2D eigenvalue weighted by Crippen LogP contribution is -2.52. The van der Waals surface area contributed by atoms with Gasteiger partial charge in [-0.15, -0.1) is 0 Å². The largest absolute Gasteiger partial charge is 0.469 e. The van der Waals surface area contributed by atoms with Crippen molar-refractivity contribution in [3.63, 3.8) is 0 Å². The molecule has 3 nitrogen and oxygen atoms in total. The Balaban J connectivity index is 1.82. The molecule has 1 atom stereocenters. The van der Waals surface area contributed by atoms with Crippen LogP contribution in [-0.4, -0.2) is 26.3 Å². The summed E-state index contributed by atoms with van der Waals surface area (Å²) < 4.78 is 10.7. The van der Waals surface area contributed by atoms with Crippen LogP contribution in [0.1, 0.15) is 45.4 Å². The first-order chi connectivity index (χ1) is 9.16. The number of methoxy groups -OCH3 is 1. The number of carbonyl (C=O) groups excluding carboxylic acids is 1. The molecule has 4 aliphatic rings. The van der Waals surface area contributed by atoms with E-state index in [0.29, 0.717) is 13.2 Å². The van der Waals surface area contributed by atoms with E-state index in [0.717, 1.165) is 17.8 Å². The second-order valence-corrected chi connectivity index (χ2v) is 7.02. The molecule has 0 spiro atoms. The molecule has 4 rings (SSSR count). The van der Waals surface area contributed by atoms with Gasteiger partial charge in [-0.1, -0.05) is 0 Å². The van der Waals surface area contributed by atoms with Crippen LogP contribution in [0.15, 0.2) is 0 Å². The topological polar surface area (TPSA) is 35.5 Å². The molecule has 4 fully saturated rings. The Morgan fingerprint density at radius 3 is 2.11 bits per heavy atom. The number of ether oxygens (including phenoxy) is 2. The minimum Gasteiger partial charge on any atom is -0.469 e. The Morgan fingerprint density at radius 1 is 1.16 bits per heavy atom. The molecule has 0 aliphatic heterocycles. The van der Waals surface area contributed by atoms with Crippen LogP contribution >= 0.6 is 0 Å².